The minimum atomic E-state index is -3.15. The lowest BCUT2D eigenvalue weighted by Gasteiger charge is -2.09. The molecule has 0 bridgehead atoms. The monoisotopic (exact) mass is 242 g/mol. The zero-order chi connectivity index (χ0) is 12.2. The average Bonchev–Trinajstić information content (AvgIpc) is 2.20. The van der Waals surface area contributed by atoms with Crippen molar-refractivity contribution in [2.75, 3.05) is 11.5 Å². The van der Waals surface area contributed by atoms with Gasteiger partial charge >= 0.3 is 0 Å². The largest absolute Gasteiger partial charge is 0.399 e. The van der Waals surface area contributed by atoms with E-state index in [1.165, 1.54) is 0 Å². The molecule has 0 unspecified atom stereocenters. The summed E-state index contributed by atoms with van der Waals surface area (Å²) < 4.78 is 25.5. The number of hydrogen-bond donors (Lipinski definition) is 2. The molecule has 0 atom stereocenters. The van der Waals surface area contributed by atoms with Gasteiger partial charge < -0.3 is 5.73 Å². The summed E-state index contributed by atoms with van der Waals surface area (Å²) in [5.74, 6) is 0.161. The van der Waals surface area contributed by atoms with Crippen LogP contribution in [0.3, 0.4) is 0 Å². The molecule has 0 fully saturated rings. The molecule has 0 radical (unpaired) electrons. The highest BCUT2D eigenvalue weighted by molar-refractivity contribution is 7.89. The van der Waals surface area contributed by atoms with Crippen molar-refractivity contribution in [1.82, 2.24) is 4.72 Å². The zero-order valence-electron chi connectivity index (χ0n) is 9.66. The highest BCUT2D eigenvalue weighted by atomic mass is 32.2. The fourth-order valence-corrected chi connectivity index (χ4v) is 2.48. The summed E-state index contributed by atoms with van der Waals surface area (Å²) in [6.45, 7) is 4.03. The molecule has 3 N–H and O–H groups in total. The van der Waals surface area contributed by atoms with Crippen LogP contribution >= 0.6 is 0 Å². The Labute approximate surface area is 96.9 Å². The van der Waals surface area contributed by atoms with Gasteiger partial charge in [0.05, 0.1) is 5.75 Å². The maximum Gasteiger partial charge on any atom is 0.211 e. The predicted molar refractivity (Wildman–Crippen MR) is 66.5 cm³/mol. The molecule has 16 heavy (non-hydrogen) atoms. The van der Waals surface area contributed by atoms with Gasteiger partial charge in [-0.15, -0.1) is 0 Å². The molecule has 0 spiro atoms. The molecule has 0 aliphatic rings. The second-order valence-corrected chi connectivity index (χ2v) is 5.70. The summed E-state index contributed by atoms with van der Waals surface area (Å²) in [5.41, 5.74) is 8.28. The highest BCUT2D eigenvalue weighted by Crippen LogP contribution is 2.15. The van der Waals surface area contributed by atoms with E-state index in [1.807, 2.05) is 26.0 Å². The van der Waals surface area contributed by atoms with E-state index in [0.717, 1.165) is 11.1 Å². The topological polar surface area (TPSA) is 72.2 Å². The molecule has 1 aromatic carbocycles. The molecule has 0 aliphatic carbocycles. The van der Waals surface area contributed by atoms with E-state index < -0.39 is 10.0 Å². The van der Waals surface area contributed by atoms with Gasteiger partial charge in [0.2, 0.25) is 10.0 Å². The first-order valence-electron chi connectivity index (χ1n) is 5.27. The van der Waals surface area contributed by atoms with Gasteiger partial charge in [-0.3, -0.25) is 0 Å². The number of nitrogens with one attached hydrogen (secondary N) is 1. The Hall–Kier alpha value is -1.07. The lowest BCUT2D eigenvalue weighted by Crippen LogP contribution is -2.26. The molecule has 0 aliphatic heterocycles. The van der Waals surface area contributed by atoms with Gasteiger partial charge in [-0.05, 0) is 30.5 Å². The Balaban J connectivity index is 2.72. The highest BCUT2D eigenvalue weighted by Gasteiger charge is 2.09. The minimum Gasteiger partial charge on any atom is -0.399 e. The molecule has 0 amide bonds. The Kier molecular flexibility index (Phi) is 4.32. The van der Waals surface area contributed by atoms with Crippen molar-refractivity contribution in [2.24, 2.45) is 0 Å². The number of nitrogens with two attached hydrogens (primary N) is 1. The minimum absolute atomic E-state index is 0.161. The average molecular weight is 242 g/mol. The van der Waals surface area contributed by atoms with Crippen LogP contribution in [0, 0.1) is 6.92 Å². The van der Waals surface area contributed by atoms with Crippen molar-refractivity contribution in [3.05, 3.63) is 29.3 Å². The Morgan fingerprint density at radius 3 is 2.69 bits per heavy atom. The molecule has 0 saturated heterocycles. The molecule has 0 heterocycles. The van der Waals surface area contributed by atoms with E-state index in [4.69, 9.17) is 5.73 Å². The molecule has 90 valence electrons. The van der Waals surface area contributed by atoms with Crippen LogP contribution in [0.4, 0.5) is 5.69 Å². The zero-order valence-corrected chi connectivity index (χ0v) is 10.5. The van der Waals surface area contributed by atoms with Crippen LogP contribution in [0.15, 0.2) is 18.2 Å². The second kappa shape index (κ2) is 5.32. The smallest absolute Gasteiger partial charge is 0.211 e. The van der Waals surface area contributed by atoms with Crippen LogP contribution in [0.5, 0.6) is 0 Å². The molecule has 1 aromatic rings. The molecule has 4 nitrogen and oxygen atoms in total. The van der Waals surface area contributed by atoms with E-state index in [1.54, 1.807) is 6.07 Å². The molecule has 0 saturated carbocycles. The normalized spacial score (nSPS) is 11.6. The van der Waals surface area contributed by atoms with Gasteiger partial charge in [-0.2, -0.15) is 0 Å². The van der Waals surface area contributed by atoms with Gasteiger partial charge in [0.15, 0.2) is 0 Å². The first kappa shape index (κ1) is 13.0. The van der Waals surface area contributed by atoms with E-state index >= 15 is 0 Å². The van der Waals surface area contributed by atoms with E-state index in [0.29, 0.717) is 18.7 Å². The van der Waals surface area contributed by atoms with Crippen LogP contribution in [0.1, 0.15) is 24.5 Å². The van der Waals surface area contributed by atoms with Crippen molar-refractivity contribution in [3.8, 4) is 0 Å². The third-order valence-electron chi connectivity index (χ3n) is 2.44. The van der Waals surface area contributed by atoms with Crippen molar-refractivity contribution < 1.29 is 8.42 Å². The number of rotatable bonds is 5. The maximum atomic E-state index is 11.5. The number of nitrogen functional groups attached to an aromatic ring is 1. The molecule has 0 aromatic heterocycles. The molecule has 5 heteroatoms. The summed E-state index contributed by atoms with van der Waals surface area (Å²) in [6, 6.07) is 5.51. The fraction of sp³-hybridized carbons (Fsp3) is 0.455. The summed E-state index contributed by atoms with van der Waals surface area (Å²) in [7, 11) is -3.15. The number of hydrogen-bond acceptors (Lipinski definition) is 3. The standard InChI is InChI=1S/C11H18N2O2S/c1-3-7-16(14,15)13-8-10-5-4-6-11(12)9(10)2/h4-6,13H,3,7-8,12H2,1-2H3. The quantitative estimate of drug-likeness (QED) is 0.767. The molecule has 1 rings (SSSR count). The van der Waals surface area contributed by atoms with Gasteiger partial charge in [0.25, 0.3) is 0 Å². The maximum absolute atomic E-state index is 11.5. The summed E-state index contributed by atoms with van der Waals surface area (Å²) in [6.07, 6.45) is 0.616. The second-order valence-electron chi connectivity index (χ2n) is 3.77. The summed E-state index contributed by atoms with van der Waals surface area (Å²) in [4.78, 5) is 0. The lowest BCUT2D eigenvalue weighted by molar-refractivity contribution is 0.580. The lowest BCUT2D eigenvalue weighted by atomic mass is 10.1. The Bertz CT molecular complexity index is 455. The molecular weight excluding hydrogens is 224 g/mol. The van der Waals surface area contributed by atoms with Crippen molar-refractivity contribution in [3.63, 3.8) is 0 Å². The summed E-state index contributed by atoms with van der Waals surface area (Å²) >= 11 is 0. The summed E-state index contributed by atoms with van der Waals surface area (Å²) in [5, 5.41) is 0. The third kappa shape index (κ3) is 3.50. The van der Waals surface area contributed by atoms with Crippen LogP contribution in [-0.4, -0.2) is 14.2 Å². The van der Waals surface area contributed by atoms with Crippen LogP contribution in [-0.2, 0) is 16.6 Å². The van der Waals surface area contributed by atoms with Crippen molar-refractivity contribution in [1.29, 1.82) is 0 Å². The Morgan fingerprint density at radius 1 is 1.38 bits per heavy atom. The first-order chi connectivity index (χ1) is 7.46. The third-order valence-corrected chi connectivity index (χ3v) is 3.97. The molecular formula is C11H18N2O2S. The number of anilines is 1. The SMILES string of the molecule is CCCS(=O)(=O)NCc1cccc(N)c1C. The van der Waals surface area contributed by atoms with Gasteiger partial charge in [-0.25, -0.2) is 13.1 Å². The van der Waals surface area contributed by atoms with Crippen LogP contribution in [0.25, 0.3) is 0 Å². The van der Waals surface area contributed by atoms with Crippen molar-refractivity contribution >= 4 is 15.7 Å². The van der Waals surface area contributed by atoms with Gasteiger partial charge in [0.1, 0.15) is 0 Å². The van der Waals surface area contributed by atoms with Gasteiger partial charge in [-0.1, -0.05) is 19.1 Å². The van der Waals surface area contributed by atoms with E-state index in [2.05, 4.69) is 4.72 Å². The van der Waals surface area contributed by atoms with Crippen molar-refractivity contribution in [2.45, 2.75) is 26.8 Å². The number of sulfonamides is 1. The van der Waals surface area contributed by atoms with E-state index in [-0.39, 0.29) is 5.75 Å². The Morgan fingerprint density at radius 2 is 2.06 bits per heavy atom. The van der Waals surface area contributed by atoms with Gasteiger partial charge in [0, 0.05) is 12.2 Å². The predicted octanol–water partition coefficient (Wildman–Crippen LogP) is 1.41. The van der Waals surface area contributed by atoms with Crippen LogP contribution in [0.2, 0.25) is 0 Å². The fourth-order valence-electron chi connectivity index (χ4n) is 1.42. The first-order valence-corrected chi connectivity index (χ1v) is 6.93. The van der Waals surface area contributed by atoms with E-state index in [9.17, 15) is 8.42 Å². The number of benzene rings is 1. The van der Waals surface area contributed by atoms with Crippen LogP contribution < -0.4 is 10.5 Å².